The largest absolute Gasteiger partial charge is 0.393 e. The normalized spacial score (nSPS) is 27.9. The molecular weight excluding hydrogens is 176 g/mol. The van der Waals surface area contributed by atoms with Crippen molar-refractivity contribution in [2.45, 2.75) is 51.2 Å². The Hall–Kier alpha value is -0.830. The Morgan fingerprint density at radius 1 is 1.57 bits per heavy atom. The van der Waals surface area contributed by atoms with Crippen LogP contribution in [0.5, 0.6) is 0 Å². The summed E-state index contributed by atoms with van der Waals surface area (Å²) < 4.78 is 2.24. The summed E-state index contributed by atoms with van der Waals surface area (Å²) in [6.07, 6.45) is 8.94. The molecule has 2 atom stereocenters. The molecule has 1 heterocycles. The maximum absolute atomic E-state index is 9.61. The molecule has 0 aromatic carbocycles. The molecule has 1 fully saturated rings. The topological polar surface area (TPSA) is 38.0 Å². The van der Waals surface area contributed by atoms with Crippen molar-refractivity contribution in [3.8, 4) is 0 Å². The number of aromatic nitrogens is 2. The van der Waals surface area contributed by atoms with Crippen molar-refractivity contribution >= 4 is 0 Å². The van der Waals surface area contributed by atoms with Crippen LogP contribution in [-0.4, -0.2) is 20.8 Å². The van der Waals surface area contributed by atoms with Crippen LogP contribution in [0.2, 0.25) is 0 Å². The summed E-state index contributed by atoms with van der Waals surface area (Å²) >= 11 is 0. The van der Waals surface area contributed by atoms with Crippen LogP contribution in [0.4, 0.5) is 0 Å². The lowest BCUT2D eigenvalue weighted by Gasteiger charge is -2.28. The van der Waals surface area contributed by atoms with E-state index >= 15 is 0 Å². The third-order valence-electron chi connectivity index (χ3n) is 3.08. The first-order valence-corrected chi connectivity index (χ1v) is 5.51. The van der Waals surface area contributed by atoms with Gasteiger partial charge in [0.25, 0.3) is 0 Å². The summed E-state index contributed by atoms with van der Waals surface area (Å²) in [4.78, 5) is 4.32. The zero-order chi connectivity index (χ0) is 9.97. The van der Waals surface area contributed by atoms with E-state index in [9.17, 15) is 5.11 Å². The van der Waals surface area contributed by atoms with Crippen molar-refractivity contribution in [2.24, 2.45) is 0 Å². The van der Waals surface area contributed by atoms with E-state index in [1.807, 2.05) is 12.4 Å². The van der Waals surface area contributed by atoms with Crippen molar-refractivity contribution in [1.29, 1.82) is 0 Å². The third-order valence-corrected chi connectivity index (χ3v) is 3.08. The van der Waals surface area contributed by atoms with Gasteiger partial charge in [0.05, 0.1) is 6.10 Å². The highest BCUT2D eigenvalue weighted by Crippen LogP contribution is 2.29. The van der Waals surface area contributed by atoms with Crippen LogP contribution in [0.1, 0.15) is 44.5 Å². The number of aliphatic hydroxyl groups is 1. The van der Waals surface area contributed by atoms with E-state index in [2.05, 4.69) is 16.5 Å². The Balaban J connectivity index is 2.13. The predicted molar refractivity (Wildman–Crippen MR) is 55.1 cm³/mol. The number of aliphatic hydroxyl groups excluding tert-OH is 1. The molecule has 0 radical (unpaired) electrons. The molecule has 1 saturated carbocycles. The van der Waals surface area contributed by atoms with Crippen LogP contribution in [0.15, 0.2) is 12.4 Å². The highest BCUT2D eigenvalue weighted by atomic mass is 16.3. The van der Waals surface area contributed by atoms with Gasteiger partial charge in [0.15, 0.2) is 0 Å². The lowest BCUT2D eigenvalue weighted by molar-refractivity contribution is 0.103. The van der Waals surface area contributed by atoms with Gasteiger partial charge < -0.3 is 9.67 Å². The van der Waals surface area contributed by atoms with Crippen molar-refractivity contribution in [1.82, 2.24) is 9.55 Å². The number of nitrogens with zero attached hydrogens (tertiary/aromatic N) is 2. The fourth-order valence-corrected chi connectivity index (χ4v) is 2.34. The van der Waals surface area contributed by atoms with E-state index in [4.69, 9.17) is 0 Å². The molecule has 0 aliphatic heterocycles. The molecular formula is C11H18N2O. The van der Waals surface area contributed by atoms with Gasteiger partial charge in [-0.3, -0.25) is 0 Å². The van der Waals surface area contributed by atoms with Gasteiger partial charge in [-0.05, 0) is 25.7 Å². The van der Waals surface area contributed by atoms with Crippen LogP contribution in [0.3, 0.4) is 0 Å². The summed E-state index contributed by atoms with van der Waals surface area (Å²) in [5.41, 5.74) is 0. The van der Waals surface area contributed by atoms with E-state index in [0.717, 1.165) is 31.5 Å². The molecule has 0 saturated heterocycles. The van der Waals surface area contributed by atoms with Crippen LogP contribution < -0.4 is 0 Å². The van der Waals surface area contributed by atoms with Gasteiger partial charge in [-0.15, -0.1) is 0 Å². The molecule has 2 unspecified atom stereocenters. The molecule has 3 nitrogen and oxygen atoms in total. The number of hydrogen-bond acceptors (Lipinski definition) is 2. The Kier molecular flexibility index (Phi) is 2.87. The molecule has 1 aliphatic rings. The zero-order valence-electron chi connectivity index (χ0n) is 8.69. The second-order valence-electron chi connectivity index (χ2n) is 4.08. The first kappa shape index (κ1) is 9.71. The van der Waals surface area contributed by atoms with Gasteiger partial charge in [0.2, 0.25) is 0 Å². The second-order valence-corrected chi connectivity index (χ2v) is 4.08. The minimum atomic E-state index is -0.110. The van der Waals surface area contributed by atoms with Crippen LogP contribution in [0, 0.1) is 0 Å². The van der Waals surface area contributed by atoms with E-state index < -0.39 is 0 Å². The Morgan fingerprint density at radius 2 is 2.43 bits per heavy atom. The maximum Gasteiger partial charge on any atom is 0.108 e. The van der Waals surface area contributed by atoms with Gasteiger partial charge in [-0.2, -0.15) is 0 Å². The van der Waals surface area contributed by atoms with Gasteiger partial charge in [-0.1, -0.05) is 6.92 Å². The molecule has 2 rings (SSSR count). The number of hydrogen-bond donors (Lipinski definition) is 1. The maximum atomic E-state index is 9.61. The Labute approximate surface area is 84.8 Å². The first-order valence-electron chi connectivity index (χ1n) is 5.51. The molecule has 3 heteroatoms. The molecule has 1 N–H and O–H groups in total. The fraction of sp³-hybridized carbons (Fsp3) is 0.727. The van der Waals surface area contributed by atoms with Crippen LogP contribution in [-0.2, 0) is 6.42 Å². The van der Waals surface area contributed by atoms with Crippen molar-refractivity contribution < 1.29 is 5.11 Å². The minimum absolute atomic E-state index is 0.110. The molecule has 1 aliphatic carbocycles. The minimum Gasteiger partial charge on any atom is -0.393 e. The number of aryl methyl sites for hydroxylation is 1. The summed E-state index contributed by atoms with van der Waals surface area (Å²) in [5.74, 6) is 1.14. The van der Waals surface area contributed by atoms with Crippen molar-refractivity contribution in [2.75, 3.05) is 0 Å². The average molecular weight is 194 g/mol. The Morgan fingerprint density at radius 3 is 3.14 bits per heavy atom. The fourth-order valence-electron chi connectivity index (χ4n) is 2.34. The van der Waals surface area contributed by atoms with Gasteiger partial charge in [0.1, 0.15) is 5.82 Å². The second kappa shape index (κ2) is 4.13. The molecule has 0 bridgehead atoms. The van der Waals surface area contributed by atoms with Gasteiger partial charge >= 0.3 is 0 Å². The Bertz CT molecular complexity index is 295. The summed E-state index contributed by atoms with van der Waals surface area (Å²) in [6.45, 7) is 2.12. The lowest BCUT2D eigenvalue weighted by atomic mass is 9.93. The molecule has 14 heavy (non-hydrogen) atoms. The predicted octanol–water partition coefficient (Wildman–Crippen LogP) is 1.92. The molecule has 0 amide bonds. The summed E-state index contributed by atoms with van der Waals surface area (Å²) in [5, 5.41) is 9.61. The summed E-state index contributed by atoms with van der Waals surface area (Å²) in [6, 6.07) is 0.469. The summed E-state index contributed by atoms with van der Waals surface area (Å²) in [7, 11) is 0. The average Bonchev–Trinajstić information content (AvgIpc) is 2.65. The molecule has 0 spiro atoms. The van der Waals surface area contributed by atoms with Crippen molar-refractivity contribution in [3.63, 3.8) is 0 Å². The van der Waals surface area contributed by atoms with E-state index in [0.29, 0.717) is 6.04 Å². The lowest BCUT2D eigenvalue weighted by Crippen LogP contribution is -2.23. The SMILES string of the molecule is CCc1nccn1C1CCCC(O)C1. The van der Waals surface area contributed by atoms with Crippen LogP contribution in [0.25, 0.3) is 0 Å². The zero-order valence-corrected chi connectivity index (χ0v) is 8.69. The first-order chi connectivity index (χ1) is 6.81. The van der Waals surface area contributed by atoms with Crippen molar-refractivity contribution in [3.05, 3.63) is 18.2 Å². The molecule has 1 aromatic rings. The quantitative estimate of drug-likeness (QED) is 0.781. The number of imidazole rings is 1. The molecule has 1 aromatic heterocycles. The number of rotatable bonds is 2. The van der Waals surface area contributed by atoms with E-state index in [1.54, 1.807) is 0 Å². The highest BCUT2D eigenvalue weighted by Gasteiger charge is 2.22. The van der Waals surface area contributed by atoms with E-state index in [1.165, 1.54) is 6.42 Å². The highest BCUT2D eigenvalue weighted by molar-refractivity contribution is 4.96. The van der Waals surface area contributed by atoms with Gasteiger partial charge in [0, 0.05) is 24.9 Å². The van der Waals surface area contributed by atoms with Gasteiger partial charge in [-0.25, -0.2) is 4.98 Å². The third kappa shape index (κ3) is 1.82. The smallest absolute Gasteiger partial charge is 0.108 e. The molecule has 78 valence electrons. The standard InChI is InChI=1S/C11H18N2O/c1-2-11-12-6-7-13(11)9-4-3-5-10(14)8-9/h6-7,9-10,14H,2-5,8H2,1H3. The van der Waals surface area contributed by atoms with Crippen LogP contribution >= 0.6 is 0 Å². The van der Waals surface area contributed by atoms with E-state index in [-0.39, 0.29) is 6.10 Å². The monoisotopic (exact) mass is 194 g/mol.